The molecule has 0 bridgehead atoms. The van der Waals surface area contributed by atoms with Crippen LogP contribution in [0.5, 0.6) is 5.75 Å². The molecule has 0 amide bonds. The Kier molecular flexibility index (Phi) is 10.1. The number of rotatable bonds is 11. The van der Waals surface area contributed by atoms with Crippen molar-refractivity contribution in [3.05, 3.63) is 41.4 Å². The fourth-order valence-electron chi connectivity index (χ4n) is 3.41. The van der Waals surface area contributed by atoms with E-state index in [9.17, 15) is 9.90 Å². The number of aliphatic hydroxyl groups excluding tert-OH is 2. The summed E-state index contributed by atoms with van der Waals surface area (Å²) in [7, 11) is 0. The van der Waals surface area contributed by atoms with Gasteiger partial charge in [-0.3, -0.25) is 4.79 Å². The molecule has 0 aromatic heterocycles. The normalized spacial score (nSPS) is 24.6. The molecule has 0 heterocycles. The van der Waals surface area contributed by atoms with Crippen molar-refractivity contribution in [3.8, 4) is 5.75 Å². The van der Waals surface area contributed by atoms with Crippen molar-refractivity contribution in [2.75, 3.05) is 19.8 Å². The second-order valence-electron chi connectivity index (χ2n) is 6.96. The van der Waals surface area contributed by atoms with Crippen molar-refractivity contribution >= 4 is 29.2 Å². The lowest BCUT2D eigenvalue weighted by Crippen LogP contribution is -2.27. The average molecular weight is 431 g/mol. The number of ether oxygens (including phenoxy) is 2. The molecule has 0 spiro atoms. The van der Waals surface area contributed by atoms with Gasteiger partial charge in [-0.1, -0.05) is 29.8 Å². The zero-order valence-electron chi connectivity index (χ0n) is 15.8. The summed E-state index contributed by atoms with van der Waals surface area (Å²) in [4.78, 5) is 11.4. The van der Waals surface area contributed by atoms with Crippen LogP contribution in [-0.2, 0) is 9.53 Å². The van der Waals surface area contributed by atoms with E-state index in [0.29, 0.717) is 36.6 Å². The summed E-state index contributed by atoms with van der Waals surface area (Å²) in [6.07, 6.45) is 6.71. The molecule has 1 aromatic carbocycles. The molecule has 4 atom stereocenters. The predicted octanol–water partition coefficient (Wildman–Crippen LogP) is 3.98. The second-order valence-corrected chi connectivity index (χ2v) is 7.96. The smallest absolute Gasteiger partial charge is 0.305 e. The zero-order valence-corrected chi connectivity index (χ0v) is 17.3. The number of aliphatic hydroxyl groups is 2. The predicted molar refractivity (Wildman–Crippen MR) is 110 cm³/mol. The zero-order chi connectivity index (χ0) is 20.4. The Balaban J connectivity index is 1.75. The Morgan fingerprint density at radius 1 is 1.29 bits per heavy atom. The molecule has 7 heteroatoms. The first kappa shape index (κ1) is 23.0. The fraction of sp³-hybridized carbons (Fsp3) is 0.571. The van der Waals surface area contributed by atoms with E-state index < -0.39 is 6.10 Å². The molecule has 0 aliphatic heterocycles. The van der Waals surface area contributed by atoms with Gasteiger partial charge in [0.25, 0.3) is 0 Å². The molecular formula is C21H28Cl2O5. The summed E-state index contributed by atoms with van der Waals surface area (Å²) in [5, 5.41) is 19.5. The second kappa shape index (κ2) is 12.3. The van der Waals surface area contributed by atoms with Crippen LogP contribution in [0.4, 0.5) is 0 Å². The van der Waals surface area contributed by atoms with Gasteiger partial charge in [0, 0.05) is 22.7 Å². The van der Waals surface area contributed by atoms with Crippen LogP contribution in [0.2, 0.25) is 5.02 Å². The maximum absolute atomic E-state index is 11.4. The minimum Gasteiger partial charge on any atom is -0.493 e. The quantitative estimate of drug-likeness (QED) is 0.240. The summed E-state index contributed by atoms with van der Waals surface area (Å²) in [5.41, 5.74) is 0. The number of hydrogen-bond acceptors (Lipinski definition) is 5. The van der Waals surface area contributed by atoms with Crippen LogP contribution in [0.15, 0.2) is 36.4 Å². The topological polar surface area (TPSA) is 76.0 Å². The van der Waals surface area contributed by atoms with Crippen LogP contribution in [-0.4, -0.2) is 47.5 Å². The minimum atomic E-state index is -0.485. The van der Waals surface area contributed by atoms with E-state index in [4.69, 9.17) is 37.8 Å². The average Bonchev–Trinajstić information content (AvgIpc) is 2.93. The monoisotopic (exact) mass is 430 g/mol. The number of carbonyl (C=O) groups is 1. The number of allylic oxidation sites excluding steroid dienone is 2. The van der Waals surface area contributed by atoms with Gasteiger partial charge in [-0.2, -0.15) is 0 Å². The first-order valence-corrected chi connectivity index (χ1v) is 10.4. The van der Waals surface area contributed by atoms with Crippen molar-refractivity contribution < 1.29 is 24.5 Å². The van der Waals surface area contributed by atoms with Gasteiger partial charge < -0.3 is 19.7 Å². The Morgan fingerprint density at radius 2 is 2.11 bits per heavy atom. The Labute approximate surface area is 176 Å². The van der Waals surface area contributed by atoms with Gasteiger partial charge in [0.1, 0.15) is 12.4 Å². The molecule has 1 aromatic rings. The summed E-state index contributed by atoms with van der Waals surface area (Å²) in [6, 6.07) is 7.20. The van der Waals surface area contributed by atoms with E-state index in [1.54, 1.807) is 12.1 Å². The third kappa shape index (κ3) is 7.63. The Bertz CT molecular complexity index is 637. The summed E-state index contributed by atoms with van der Waals surface area (Å²) in [6.45, 7) is 0.287. The first-order chi connectivity index (χ1) is 13.5. The highest BCUT2D eigenvalue weighted by molar-refractivity contribution is 6.30. The lowest BCUT2D eigenvalue weighted by Gasteiger charge is -2.22. The summed E-state index contributed by atoms with van der Waals surface area (Å²) in [5.74, 6) is 0.474. The van der Waals surface area contributed by atoms with Crippen LogP contribution in [0.3, 0.4) is 0 Å². The lowest BCUT2D eigenvalue weighted by molar-refractivity contribution is -0.144. The van der Waals surface area contributed by atoms with Gasteiger partial charge in [-0.15, -0.1) is 11.6 Å². The molecule has 1 saturated carbocycles. The molecule has 2 rings (SSSR count). The lowest BCUT2D eigenvalue weighted by atomic mass is 9.92. The van der Waals surface area contributed by atoms with E-state index in [2.05, 4.69) is 6.08 Å². The maximum Gasteiger partial charge on any atom is 0.305 e. The summed E-state index contributed by atoms with van der Waals surface area (Å²) < 4.78 is 10.6. The molecule has 1 aliphatic rings. The number of carbonyl (C=O) groups excluding carboxylic acids is 1. The molecule has 1 aliphatic carbocycles. The van der Waals surface area contributed by atoms with Crippen molar-refractivity contribution in [2.45, 2.75) is 43.6 Å². The SMILES string of the molecule is O=C(CCC/C=C\C[C@@H]1[C@@H](COc2cccc(Cl)c2)[C@H](O)C[C@H]1Cl)OCCO. The maximum atomic E-state index is 11.4. The largest absolute Gasteiger partial charge is 0.493 e. The van der Waals surface area contributed by atoms with E-state index in [1.165, 1.54) is 0 Å². The first-order valence-electron chi connectivity index (χ1n) is 9.63. The molecule has 0 radical (unpaired) electrons. The highest BCUT2D eigenvalue weighted by atomic mass is 35.5. The van der Waals surface area contributed by atoms with Crippen molar-refractivity contribution in [2.24, 2.45) is 11.8 Å². The van der Waals surface area contributed by atoms with Crippen LogP contribution in [0.25, 0.3) is 0 Å². The van der Waals surface area contributed by atoms with Crippen LogP contribution < -0.4 is 4.74 Å². The fourth-order valence-corrected chi connectivity index (χ4v) is 4.06. The molecule has 5 nitrogen and oxygen atoms in total. The number of halogens is 2. The van der Waals surface area contributed by atoms with Crippen LogP contribution in [0, 0.1) is 11.8 Å². The number of unbranched alkanes of at least 4 members (excludes halogenated alkanes) is 1. The van der Waals surface area contributed by atoms with Crippen LogP contribution >= 0.6 is 23.2 Å². The molecule has 156 valence electrons. The Hall–Kier alpha value is -1.27. The van der Waals surface area contributed by atoms with Crippen molar-refractivity contribution in [1.82, 2.24) is 0 Å². The molecular weight excluding hydrogens is 403 g/mol. The molecule has 2 N–H and O–H groups in total. The number of hydrogen-bond donors (Lipinski definition) is 2. The minimum absolute atomic E-state index is 0.0420. The number of esters is 1. The van der Waals surface area contributed by atoms with Crippen molar-refractivity contribution in [3.63, 3.8) is 0 Å². The molecule has 0 unspecified atom stereocenters. The van der Waals surface area contributed by atoms with Gasteiger partial charge in [-0.05, 0) is 49.8 Å². The number of alkyl halides is 1. The molecule has 28 heavy (non-hydrogen) atoms. The number of benzene rings is 1. The molecule has 0 saturated heterocycles. The van der Waals surface area contributed by atoms with Gasteiger partial charge in [0.15, 0.2) is 0 Å². The van der Waals surface area contributed by atoms with Gasteiger partial charge in [0.05, 0.1) is 19.3 Å². The van der Waals surface area contributed by atoms with Gasteiger partial charge >= 0.3 is 5.97 Å². The van der Waals surface area contributed by atoms with E-state index >= 15 is 0 Å². The highest BCUT2D eigenvalue weighted by Gasteiger charge is 2.41. The van der Waals surface area contributed by atoms with Crippen molar-refractivity contribution in [1.29, 1.82) is 0 Å². The third-order valence-corrected chi connectivity index (χ3v) is 5.63. The third-order valence-electron chi connectivity index (χ3n) is 4.89. The van der Waals surface area contributed by atoms with E-state index in [1.807, 2.05) is 18.2 Å². The van der Waals surface area contributed by atoms with E-state index in [0.717, 1.165) is 12.8 Å². The van der Waals surface area contributed by atoms with Gasteiger partial charge in [0.2, 0.25) is 0 Å². The standard InChI is InChI=1S/C21H28Cl2O5/c22-15-6-5-7-16(12-15)28-14-18-17(19(23)13-20(18)25)8-3-1-2-4-9-21(26)27-11-10-24/h1,3,5-7,12,17-20,24-25H,2,4,8-11,13-14H2/b3-1-/t17-,18-,19-,20-/m1/s1. The van der Waals surface area contributed by atoms with E-state index in [-0.39, 0.29) is 36.4 Å². The van der Waals surface area contributed by atoms with Crippen LogP contribution in [0.1, 0.15) is 32.1 Å². The molecule has 1 fully saturated rings. The Morgan fingerprint density at radius 3 is 2.86 bits per heavy atom. The summed E-state index contributed by atoms with van der Waals surface area (Å²) >= 11 is 12.4. The van der Waals surface area contributed by atoms with Gasteiger partial charge in [-0.25, -0.2) is 0 Å². The highest BCUT2D eigenvalue weighted by Crippen LogP contribution is 2.39.